The largest absolute Gasteiger partial charge is 0.383 e. The Labute approximate surface area is 237 Å². The van der Waals surface area contributed by atoms with Crippen molar-refractivity contribution in [3.05, 3.63) is 65.2 Å². The fourth-order valence-corrected chi connectivity index (χ4v) is 5.86. The minimum absolute atomic E-state index is 0.0434. The Kier molecular flexibility index (Phi) is 9.53. The molecule has 0 aliphatic rings. The summed E-state index contributed by atoms with van der Waals surface area (Å²) in [4.78, 5) is 28.5. The van der Waals surface area contributed by atoms with Crippen LogP contribution in [0.3, 0.4) is 0 Å². The molecule has 1 atom stereocenters. The first-order valence-corrected chi connectivity index (χ1v) is 14.6. The third-order valence-corrected chi connectivity index (χ3v) is 8.71. The fourth-order valence-electron chi connectivity index (χ4n) is 3.85. The van der Waals surface area contributed by atoms with Gasteiger partial charge in [0.2, 0.25) is 11.8 Å². The quantitative estimate of drug-likeness (QED) is 0.308. The van der Waals surface area contributed by atoms with Crippen molar-refractivity contribution < 1.29 is 18.0 Å². The van der Waals surface area contributed by atoms with Crippen molar-refractivity contribution in [3.8, 4) is 23.3 Å². The molecular formula is C28H28N6O4S2. The minimum atomic E-state index is -4.01. The lowest BCUT2D eigenvalue weighted by molar-refractivity contribution is -0.117. The number of nitrogens with two attached hydrogens (primary N) is 1. The van der Waals surface area contributed by atoms with Crippen LogP contribution in [-0.2, 0) is 19.6 Å². The highest BCUT2D eigenvalue weighted by Crippen LogP contribution is 2.38. The molecule has 2 aromatic carbocycles. The minimum Gasteiger partial charge on any atom is -0.383 e. The van der Waals surface area contributed by atoms with Crippen molar-refractivity contribution in [1.82, 2.24) is 9.71 Å². The number of thioether (sulfide) groups is 1. The number of rotatable bonds is 9. The molecule has 206 valence electrons. The summed E-state index contributed by atoms with van der Waals surface area (Å²) in [5.41, 5.74) is 8.81. The van der Waals surface area contributed by atoms with Crippen molar-refractivity contribution in [3.63, 3.8) is 0 Å². The Morgan fingerprint density at radius 1 is 1.02 bits per heavy atom. The maximum Gasteiger partial charge on any atom is 0.264 e. The van der Waals surface area contributed by atoms with E-state index in [4.69, 9.17) is 5.73 Å². The smallest absolute Gasteiger partial charge is 0.264 e. The molecule has 0 aliphatic carbocycles. The first-order chi connectivity index (χ1) is 18.9. The SMILES string of the molecule is CCC(Sc1nc(N)c(C#N)c(-c2ccc(C(C)C)cc2)c1C#N)C(=O)Nc1ccc(S(=O)(=O)NC(C)=O)cc1. The van der Waals surface area contributed by atoms with Crippen molar-refractivity contribution in [2.75, 3.05) is 11.1 Å². The third kappa shape index (κ3) is 6.78. The van der Waals surface area contributed by atoms with Crippen molar-refractivity contribution in [1.29, 1.82) is 10.5 Å². The standard InChI is InChI=1S/C28H28N6O4S2/c1-5-24(27(36)32-20-10-12-21(13-11-20)40(37,38)34-17(4)35)39-28-23(15-30)25(22(14-29)26(31)33-28)19-8-6-18(7-9-19)16(2)3/h6-13,16,24H,5H2,1-4H3,(H2,31,33)(H,32,36)(H,34,35). The van der Waals surface area contributed by atoms with E-state index >= 15 is 0 Å². The van der Waals surface area contributed by atoms with Crippen LogP contribution in [0.5, 0.6) is 0 Å². The predicted octanol–water partition coefficient (Wildman–Crippen LogP) is 4.53. The number of carbonyl (C=O) groups excluding carboxylic acids is 2. The van der Waals surface area contributed by atoms with Gasteiger partial charge in [-0.1, -0.05) is 56.8 Å². The number of hydrogen-bond donors (Lipinski definition) is 3. The monoisotopic (exact) mass is 576 g/mol. The van der Waals surface area contributed by atoms with Gasteiger partial charge in [-0.3, -0.25) is 9.59 Å². The van der Waals surface area contributed by atoms with Gasteiger partial charge in [0.1, 0.15) is 28.5 Å². The molecule has 2 amide bonds. The highest BCUT2D eigenvalue weighted by Gasteiger charge is 2.26. The summed E-state index contributed by atoms with van der Waals surface area (Å²) in [5.74, 6) is -0.862. The number of benzene rings is 2. The van der Waals surface area contributed by atoms with Crippen LogP contribution >= 0.6 is 11.8 Å². The molecular weight excluding hydrogens is 548 g/mol. The molecule has 0 saturated heterocycles. The number of nitrogen functional groups attached to an aromatic ring is 1. The van der Waals surface area contributed by atoms with Crippen LogP contribution in [0.2, 0.25) is 0 Å². The molecule has 1 heterocycles. The van der Waals surface area contributed by atoms with Gasteiger partial charge in [0.15, 0.2) is 0 Å². The van der Waals surface area contributed by atoms with Gasteiger partial charge in [-0.15, -0.1) is 0 Å². The van der Waals surface area contributed by atoms with E-state index in [9.17, 15) is 28.5 Å². The van der Waals surface area contributed by atoms with Gasteiger partial charge >= 0.3 is 0 Å². The fraction of sp³-hybridized carbons (Fsp3) is 0.250. The van der Waals surface area contributed by atoms with Gasteiger partial charge in [-0.05, 0) is 47.7 Å². The molecule has 0 aliphatic heterocycles. The van der Waals surface area contributed by atoms with Gasteiger partial charge in [-0.25, -0.2) is 18.1 Å². The second kappa shape index (κ2) is 12.6. The number of sulfonamides is 1. The summed E-state index contributed by atoms with van der Waals surface area (Å²) < 4.78 is 26.2. The number of hydrogen-bond acceptors (Lipinski definition) is 9. The number of anilines is 2. The van der Waals surface area contributed by atoms with Crippen LogP contribution in [0.4, 0.5) is 11.5 Å². The summed E-state index contributed by atoms with van der Waals surface area (Å²) in [6, 6.07) is 17.1. The molecule has 40 heavy (non-hydrogen) atoms. The Morgan fingerprint density at radius 3 is 2.12 bits per heavy atom. The third-order valence-electron chi connectivity index (χ3n) is 5.91. The Bertz CT molecular complexity index is 1620. The lowest BCUT2D eigenvalue weighted by atomic mass is 9.94. The van der Waals surface area contributed by atoms with Crippen molar-refractivity contribution in [2.45, 2.75) is 55.2 Å². The van der Waals surface area contributed by atoms with E-state index in [2.05, 4.69) is 36.3 Å². The maximum atomic E-state index is 13.1. The molecule has 10 nitrogen and oxygen atoms in total. The number of aromatic nitrogens is 1. The van der Waals surface area contributed by atoms with E-state index in [1.807, 2.05) is 29.0 Å². The molecule has 0 bridgehead atoms. The zero-order valence-electron chi connectivity index (χ0n) is 22.3. The first kappa shape index (κ1) is 30.2. The van der Waals surface area contributed by atoms with E-state index in [0.29, 0.717) is 29.2 Å². The number of nitrogens with zero attached hydrogens (tertiary/aromatic N) is 3. The molecule has 3 aromatic rings. The summed E-state index contributed by atoms with van der Waals surface area (Å²) >= 11 is 1.05. The van der Waals surface area contributed by atoms with Crippen molar-refractivity contribution >= 4 is 45.1 Å². The highest BCUT2D eigenvalue weighted by molar-refractivity contribution is 8.00. The normalized spacial score (nSPS) is 11.8. The molecule has 12 heteroatoms. The van der Waals surface area contributed by atoms with Crippen molar-refractivity contribution in [2.24, 2.45) is 0 Å². The molecule has 0 radical (unpaired) electrons. The number of pyridine rings is 1. The zero-order chi connectivity index (χ0) is 29.6. The van der Waals surface area contributed by atoms with E-state index in [-0.39, 0.29) is 26.9 Å². The van der Waals surface area contributed by atoms with E-state index in [1.165, 1.54) is 24.3 Å². The number of nitriles is 2. The van der Waals surface area contributed by atoms with Crippen LogP contribution in [0.25, 0.3) is 11.1 Å². The Morgan fingerprint density at radius 2 is 1.62 bits per heavy atom. The van der Waals surface area contributed by atoms with Gasteiger partial charge in [0.25, 0.3) is 10.0 Å². The molecule has 4 N–H and O–H groups in total. The molecule has 0 spiro atoms. The van der Waals surface area contributed by atoms with Gasteiger partial charge in [0, 0.05) is 18.2 Å². The first-order valence-electron chi connectivity index (χ1n) is 12.3. The summed E-state index contributed by atoms with van der Waals surface area (Å²) in [7, 11) is -4.01. The van der Waals surface area contributed by atoms with Crippen LogP contribution in [-0.4, -0.2) is 30.5 Å². The maximum absolute atomic E-state index is 13.1. The highest BCUT2D eigenvalue weighted by atomic mass is 32.2. The van der Waals surface area contributed by atoms with E-state index in [1.54, 1.807) is 6.92 Å². The summed E-state index contributed by atoms with van der Waals surface area (Å²) in [5, 5.41) is 22.2. The van der Waals surface area contributed by atoms with Crippen LogP contribution in [0, 0.1) is 22.7 Å². The summed E-state index contributed by atoms with van der Waals surface area (Å²) in [6.07, 6.45) is 0.371. The molecule has 0 fully saturated rings. The van der Waals surface area contributed by atoms with Crippen LogP contribution in [0.15, 0.2) is 58.5 Å². The van der Waals surface area contributed by atoms with Crippen LogP contribution in [0.1, 0.15) is 56.7 Å². The topological polar surface area (TPSA) is 179 Å². The van der Waals surface area contributed by atoms with Gasteiger partial charge in [0.05, 0.1) is 15.7 Å². The van der Waals surface area contributed by atoms with E-state index in [0.717, 1.165) is 24.2 Å². The molecule has 3 rings (SSSR count). The lowest BCUT2D eigenvalue weighted by Gasteiger charge is -2.18. The average Bonchev–Trinajstić information content (AvgIpc) is 2.90. The Hall–Kier alpha value is -4.39. The summed E-state index contributed by atoms with van der Waals surface area (Å²) in [6.45, 7) is 7.01. The number of amides is 2. The number of carbonyl (C=O) groups is 2. The molecule has 0 saturated carbocycles. The van der Waals surface area contributed by atoms with E-state index < -0.39 is 27.1 Å². The van der Waals surface area contributed by atoms with Crippen LogP contribution < -0.4 is 15.8 Å². The van der Waals surface area contributed by atoms with Gasteiger partial charge in [-0.2, -0.15) is 10.5 Å². The second-order valence-corrected chi connectivity index (χ2v) is 12.0. The molecule has 1 aromatic heterocycles. The average molecular weight is 577 g/mol. The lowest BCUT2D eigenvalue weighted by Crippen LogP contribution is -2.28. The number of nitrogens with one attached hydrogen (secondary N) is 2. The predicted molar refractivity (Wildman–Crippen MR) is 154 cm³/mol. The zero-order valence-corrected chi connectivity index (χ0v) is 24.0. The molecule has 1 unspecified atom stereocenters. The Balaban J connectivity index is 1.92. The van der Waals surface area contributed by atoms with Gasteiger partial charge < -0.3 is 11.1 Å². The second-order valence-electron chi connectivity index (χ2n) is 9.12.